The maximum Gasteiger partial charge on any atom is 0.416 e. The quantitative estimate of drug-likeness (QED) is 0.0952. The molecule has 75 heavy (non-hydrogen) atoms. The van der Waals surface area contributed by atoms with Gasteiger partial charge in [-0.25, -0.2) is 9.59 Å². The van der Waals surface area contributed by atoms with Gasteiger partial charge in [0.25, 0.3) is 0 Å². The van der Waals surface area contributed by atoms with E-state index in [2.05, 4.69) is 4.74 Å². The Hall–Kier alpha value is -7.64. The van der Waals surface area contributed by atoms with Gasteiger partial charge in [-0.1, -0.05) is 24.3 Å². The fourth-order valence-corrected chi connectivity index (χ4v) is 8.74. The molecule has 1 N–H and O–H groups in total. The van der Waals surface area contributed by atoms with Crippen molar-refractivity contribution >= 4 is 23.5 Å². The largest absolute Gasteiger partial charge is 0.489 e. The van der Waals surface area contributed by atoms with Crippen molar-refractivity contribution in [3.8, 4) is 11.5 Å². The first-order valence-electron chi connectivity index (χ1n) is 22.8. The van der Waals surface area contributed by atoms with Gasteiger partial charge in [0, 0.05) is 23.0 Å². The summed E-state index contributed by atoms with van der Waals surface area (Å²) in [6.07, 6.45) is -18.9. The van der Waals surface area contributed by atoms with E-state index in [1.54, 1.807) is 72.8 Å². The molecule has 0 aliphatic heterocycles. The Kier molecular flexibility index (Phi) is 16.2. The maximum absolute atomic E-state index is 13.2. The van der Waals surface area contributed by atoms with Gasteiger partial charge >= 0.3 is 36.6 Å². The van der Waals surface area contributed by atoms with Gasteiger partial charge in [-0.3, -0.25) is 9.59 Å². The summed E-state index contributed by atoms with van der Waals surface area (Å²) in [6.45, 7) is 0.361. The molecule has 2 unspecified atom stereocenters. The van der Waals surface area contributed by atoms with E-state index < -0.39 is 70.7 Å². The Morgan fingerprint density at radius 2 is 0.827 bits per heavy atom. The fourth-order valence-electron chi connectivity index (χ4n) is 8.74. The summed E-state index contributed by atoms with van der Waals surface area (Å²) in [7, 11) is 1.29. The van der Waals surface area contributed by atoms with Crippen LogP contribution in [-0.2, 0) is 68.3 Å². The molecule has 2 aliphatic rings. The van der Waals surface area contributed by atoms with Gasteiger partial charge in [0.2, 0.25) is 0 Å². The van der Waals surface area contributed by atoms with Crippen molar-refractivity contribution in [1.29, 1.82) is 0 Å². The predicted octanol–water partition coefficient (Wildman–Crippen LogP) is 14.1. The molecule has 2 atom stereocenters. The van der Waals surface area contributed by atoms with Crippen LogP contribution in [0.1, 0.15) is 110 Å². The molecular formula is C55H42F12O8. The predicted molar refractivity (Wildman–Crippen MR) is 245 cm³/mol. The highest BCUT2D eigenvalue weighted by Gasteiger charge is 2.39. The van der Waals surface area contributed by atoms with Gasteiger partial charge in [0.05, 0.1) is 40.5 Å². The van der Waals surface area contributed by atoms with Crippen LogP contribution in [0.15, 0.2) is 121 Å². The number of hydrogen-bond donors (Lipinski definition) is 1. The van der Waals surface area contributed by atoms with E-state index in [4.69, 9.17) is 14.6 Å². The molecule has 0 bridgehead atoms. The molecule has 6 aromatic rings. The number of carbonyl (C=O) groups is 4. The van der Waals surface area contributed by atoms with E-state index in [9.17, 15) is 71.9 Å². The maximum atomic E-state index is 13.2. The highest BCUT2D eigenvalue weighted by molar-refractivity contribution is 6.01. The zero-order valence-electron chi connectivity index (χ0n) is 39.2. The van der Waals surface area contributed by atoms with Gasteiger partial charge in [0.15, 0.2) is 11.6 Å². The van der Waals surface area contributed by atoms with Crippen LogP contribution in [0.25, 0.3) is 0 Å². The molecule has 8 nitrogen and oxygen atoms in total. The Morgan fingerprint density at radius 3 is 1.15 bits per heavy atom. The van der Waals surface area contributed by atoms with Gasteiger partial charge in [-0.05, 0) is 169 Å². The second kappa shape index (κ2) is 22.1. The number of Topliss-reactive ketones (excluding diaryl/α,β-unsaturated/α-hetero) is 2. The van der Waals surface area contributed by atoms with Crippen LogP contribution in [0.5, 0.6) is 11.5 Å². The second-order valence-electron chi connectivity index (χ2n) is 17.8. The van der Waals surface area contributed by atoms with E-state index in [1.165, 1.54) is 19.2 Å². The van der Waals surface area contributed by atoms with Gasteiger partial charge in [-0.15, -0.1) is 0 Å². The summed E-state index contributed by atoms with van der Waals surface area (Å²) in [4.78, 5) is 48.6. The van der Waals surface area contributed by atoms with E-state index in [1.807, 2.05) is 0 Å². The van der Waals surface area contributed by atoms with Crippen LogP contribution in [0.3, 0.4) is 0 Å². The standard InChI is InChI=1S/C28H22F6O4.C27H20F6O4/c1-37-26(36)18-4-2-16(3-5-18)15-38-23-8-9-24-19(13-23)6-7-20(25(24)35)10-17-11-21(27(29,30)31)14-22(12-17)28(32,33)34;28-26(29,30)20-10-16(11-21(13-20)27(31,32)33)9-19-6-5-18-12-22(7-8-23(18)24(19)34)37-14-15-1-3-17(4-2-15)25(35)36/h2-5,8-9,11-14,20H,6-7,10,15H2,1H3;1-4,7-8,10-13,19H,5-6,9,14H2,(H,35,36). The fraction of sp³-hybridized carbons (Fsp3) is 0.273. The lowest BCUT2D eigenvalue weighted by Gasteiger charge is -2.24. The van der Waals surface area contributed by atoms with Crippen LogP contribution in [-0.4, -0.2) is 35.7 Å². The molecule has 0 saturated heterocycles. The molecule has 0 amide bonds. The van der Waals surface area contributed by atoms with Crippen molar-refractivity contribution in [2.75, 3.05) is 7.11 Å². The minimum Gasteiger partial charge on any atom is -0.489 e. The van der Waals surface area contributed by atoms with Crippen molar-refractivity contribution < 1.29 is 91.2 Å². The summed E-state index contributed by atoms with van der Waals surface area (Å²) in [6, 6.07) is 25.3. The Morgan fingerprint density at radius 1 is 0.480 bits per heavy atom. The average Bonchev–Trinajstić information content (AvgIpc) is 3.35. The first-order valence-corrected chi connectivity index (χ1v) is 22.8. The number of benzene rings is 6. The normalized spacial score (nSPS) is 15.7. The summed E-state index contributed by atoms with van der Waals surface area (Å²) >= 11 is 0. The highest BCUT2D eigenvalue weighted by Crippen LogP contribution is 2.40. The number of fused-ring (bicyclic) bond motifs is 2. The second-order valence-corrected chi connectivity index (χ2v) is 17.8. The topological polar surface area (TPSA) is 116 Å². The third kappa shape index (κ3) is 14.0. The van der Waals surface area contributed by atoms with E-state index in [0.29, 0.717) is 76.4 Å². The van der Waals surface area contributed by atoms with Crippen LogP contribution < -0.4 is 9.47 Å². The molecule has 0 spiro atoms. The minimum atomic E-state index is -4.95. The first kappa shape index (κ1) is 55.1. The third-order valence-electron chi connectivity index (χ3n) is 12.6. The number of esters is 1. The number of halogens is 12. The van der Waals surface area contributed by atoms with Crippen molar-refractivity contribution in [3.63, 3.8) is 0 Å². The molecular weight excluding hydrogens is 1020 g/mol. The molecule has 0 heterocycles. The number of ketones is 2. The van der Waals surface area contributed by atoms with Crippen molar-refractivity contribution in [1.82, 2.24) is 0 Å². The smallest absolute Gasteiger partial charge is 0.416 e. The van der Waals surface area contributed by atoms with Crippen molar-refractivity contribution in [2.24, 2.45) is 11.8 Å². The summed E-state index contributed by atoms with van der Waals surface area (Å²) in [5, 5.41) is 8.96. The minimum absolute atomic E-state index is 0.0730. The molecule has 0 fully saturated rings. The molecule has 0 saturated carbocycles. The van der Waals surface area contributed by atoms with Crippen LogP contribution in [0.4, 0.5) is 52.7 Å². The summed E-state index contributed by atoms with van der Waals surface area (Å²) in [5.41, 5.74) is -1.79. The summed E-state index contributed by atoms with van der Waals surface area (Å²) in [5.74, 6) is -2.70. The Bertz CT molecular complexity index is 3020. The summed E-state index contributed by atoms with van der Waals surface area (Å²) < 4.78 is 174. The molecule has 0 aromatic heterocycles. The molecule has 0 radical (unpaired) electrons. The van der Waals surface area contributed by atoms with Gasteiger partial charge in [0.1, 0.15) is 24.7 Å². The zero-order chi connectivity index (χ0) is 54.6. The number of aromatic carboxylic acids is 1. The van der Waals surface area contributed by atoms with Crippen LogP contribution >= 0.6 is 0 Å². The van der Waals surface area contributed by atoms with Crippen molar-refractivity contribution in [3.05, 3.63) is 199 Å². The van der Waals surface area contributed by atoms with E-state index in [0.717, 1.165) is 11.1 Å². The SMILES string of the molecule is COC(=O)c1ccc(COc2ccc3c(c2)CCC(Cc2cc(C(F)(F)F)cc(C(F)(F)F)c2)C3=O)cc1.O=C(O)c1ccc(COc2ccc3c(c2)CCC(Cc2cc(C(F)(F)F)cc(C(F)(F)F)c2)C3=O)cc1. The molecule has 20 heteroatoms. The first-order chi connectivity index (χ1) is 35.2. The molecule has 394 valence electrons. The third-order valence-corrected chi connectivity index (χ3v) is 12.6. The lowest BCUT2D eigenvalue weighted by Crippen LogP contribution is -2.25. The number of carboxylic acids is 1. The van der Waals surface area contributed by atoms with E-state index >= 15 is 0 Å². The molecule has 6 aromatic carbocycles. The molecule has 2 aliphatic carbocycles. The average molecular weight is 1060 g/mol. The van der Waals surface area contributed by atoms with E-state index in [-0.39, 0.29) is 79.3 Å². The molecule has 8 rings (SSSR count). The lowest BCUT2D eigenvalue weighted by atomic mass is 9.79. The highest BCUT2D eigenvalue weighted by atomic mass is 19.4. The van der Waals surface area contributed by atoms with Gasteiger partial charge in [-0.2, -0.15) is 52.7 Å². The Labute approximate surface area is 419 Å². The number of aryl methyl sites for hydroxylation is 2. The van der Waals surface area contributed by atoms with Gasteiger partial charge < -0.3 is 19.3 Å². The monoisotopic (exact) mass is 1060 g/mol. The van der Waals surface area contributed by atoms with Crippen molar-refractivity contribution in [2.45, 2.75) is 76.4 Å². The van der Waals surface area contributed by atoms with Crippen LogP contribution in [0.2, 0.25) is 0 Å². The number of hydrogen-bond acceptors (Lipinski definition) is 7. The lowest BCUT2D eigenvalue weighted by molar-refractivity contribution is -0.144. The number of carboxylic acid groups (broad SMARTS) is 1. The Balaban J connectivity index is 0.000000219. The number of carbonyl (C=O) groups excluding carboxylic acids is 3. The number of alkyl halides is 12. The number of rotatable bonds is 12. The zero-order valence-corrected chi connectivity index (χ0v) is 39.2. The van der Waals surface area contributed by atoms with Crippen LogP contribution in [0, 0.1) is 11.8 Å². The number of ether oxygens (including phenoxy) is 3. The number of methoxy groups -OCH3 is 1.